The highest BCUT2D eigenvalue weighted by atomic mass is 16.3. The molecule has 0 aliphatic rings. The molecule has 0 saturated heterocycles. The summed E-state index contributed by atoms with van der Waals surface area (Å²) in [6.07, 6.45) is 0.174. The van der Waals surface area contributed by atoms with Crippen LogP contribution in [0.4, 0.5) is 0 Å². The van der Waals surface area contributed by atoms with Crippen molar-refractivity contribution in [1.29, 1.82) is 0 Å². The van der Waals surface area contributed by atoms with Crippen LogP contribution >= 0.6 is 0 Å². The van der Waals surface area contributed by atoms with Gasteiger partial charge in [0.25, 0.3) is 0 Å². The summed E-state index contributed by atoms with van der Waals surface area (Å²) in [5.74, 6) is 0. The molecular formula is C16H19NO. The van der Waals surface area contributed by atoms with E-state index in [1.165, 1.54) is 0 Å². The Morgan fingerprint density at radius 2 is 1.67 bits per heavy atom. The Morgan fingerprint density at radius 1 is 1.00 bits per heavy atom. The summed E-state index contributed by atoms with van der Waals surface area (Å²) in [6.45, 7) is 1.94. The number of nitrogens with two attached hydrogens (primary N) is 1. The monoisotopic (exact) mass is 241 g/mol. The van der Waals surface area contributed by atoms with Crippen LogP contribution in [0, 0.1) is 0 Å². The summed E-state index contributed by atoms with van der Waals surface area (Å²) in [4.78, 5) is 0. The highest BCUT2D eigenvalue weighted by molar-refractivity contribution is 5.64. The Balaban J connectivity index is 2.31. The molecule has 0 aliphatic heterocycles. The van der Waals surface area contributed by atoms with Gasteiger partial charge in [-0.3, -0.25) is 0 Å². The highest BCUT2D eigenvalue weighted by Crippen LogP contribution is 2.24. The molecule has 2 nitrogen and oxygen atoms in total. The van der Waals surface area contributed by atoms with E-state index in [0.29, 0.717) is 6.42 Å². The molecular weight excluding hydrogens is 222 g/mol. The Labute approximate surface area is 108 Å². The lowest BCUT2D eigenvalue weighted by molar-refractivity contribution is 0.141. The molecule has 2 atom stereocenters. The van der Waals surface area contributed by atoms with E-state index in [-0.39, 0.29) is 6.04 Å². The van der Waals surface area contributed by atoms with E-state index in [0.717, 1.165) is 16.7 Å². The van der Waals surface area contributed by atoms with E-state index >= 15 is 0 Å². The quantitative estimate of drug-likeness (QED) is 0.864. The maximum Gasteiger partial charge on any atom is 0.0730 e. The van der Waals surface area contributed by atoms with Gasteiger partial charge in [0, 0.05) is 0 Å². The summed E-state index contributed by atoms with van der Waals surface area (Å²) in [5.41, 5.74) is 9.32. The van der Waals surface area contributed by atoms with E-state index in [4.69, 9.17) is 5.73 Å². The van der Waals surface area contributed by atoms with E-state index < -0.39 is 6.10 Å². The first-order valence-electron chi connectivity index (χ1n) is 6.31. The lowest BCUT2D eigenvalue weighted by Gasteiger charge is -2.18. The van der Waals surface area contributed by atoms with Gasteiger partial charge in [0.2, 0.25) is 0 Å². The van der Waals surface area contributed by atoms with Crippen molar-refractivity contribution < 1.29 is 5.11 Å². The van der Waals surface area contributed by atoms with Crippen LogP contribution in [0.1, 0.15) is 24.9 Å². The summed E-state index contributed by atoms with van der Waals surface area (Å²) in [5, 5.41) is 9.82. The Hall–Kier alpha value is -1.64. The summed E-state index contributed by atoms with van der Waals surface area (Å²) < 4.78 is 0. The highest BCUT2D eigenvalue weighted by Gasteiger charge is 2.15. The molecule has 0 saturated carbocycles. The molecule has 0 unspecified atom stereocenters. The van der Waals surface area contributed by atoms with Gasteiger partial charge in [0.1, 0.15) is 0 Å². The first kappa shape index (κ1) is 12.8. The molecule has 2 aromatic carbocycles. The van der Waals surface area contributed by atoms with Crippen molar-refractivity contribution in [2.24, 2.45) is 5.73 Å². The predicted octanol–water partition coefficient (Wildman–Crippen LogP) is 3.12. The molecule has 18 heavy (non-hydrogen) atoms. The fourth-order valence-corrected chi connectivity index (χ4v) is 2.03. The molecule has 0 bridgehead atoms. The summed E-state index contributed by atoms with van der Waals surface area (Å²) in [7, 11) is 0. The molecule has 0 aliphatic carbocycles. The van der Waals surface area contributed by atoms with Gasteiger partial charge < -0.3 is 10.8 Å². The second kappa shape index (κ2) is 5.80. The van der Waals surface area contributed by atoms with Gasteiger partial charge in [0.15, 0.2) is 0 Å². The standard InChI is InChI=1S/C16H19NO/c1-2-15(18)16(17)14-10-6-9-13(11-14)12-7-4-3-5-8-12/h3-11,15-16,18H,2,17H2,1H3/t15-,16+/m0/s1. The second-order valence-electron chi connectivity index (χ2n) is 4.49. The normalized spacial score (nSPS) is 14.2. The number of hydrogen-bond acceptors (Lipinski definition) is 2. The topological polar surface area (TPSA) is 46.2 Å². The van der Waals surface area contributed by atoms with Gasteiger partial charge in [0.05, 0.1) is 12.1 Å². The smallest absolute Gasteiger partial charge is 0.0730 e. The molecule has 0 heterocycles. The van der Waals surface area contributed by atoms with Crippen LogP contribution in [0.15, 0.2) is 54.6 Å². The van der Waals surface area contributed by atoms with Gasteiger partial charge in [-0.05, 0) is 29.2 Å². The minimum absolute atomic E-state index is 0.321. The van der Waals surface area contributed by atoms with Crippen LogP contribution in [0.3, 0.4) is 0 Å². The zero-order chi connectivity index (χ0) is 13.0. The molecule has 2 rings (SSSR count). The minimum Gasteiger partial charge on any atom is -0.391 e. The predicted molar refractivity (Wildman–Crippen MR) is 75.1 cm³/mol. The van der Waals surface area contributed by atoms with Gasteiger partial charge in [-0.25, -0.2) is 0 Å². The first-order chi connectivity index (χ1) is 8.72. The van der Waals surface area contributed by atoms with Crippen molar-refractivity contribution in [2.45, 2.75) is 25.5 Å². The average Bonchev–Trinajstić information content (AvgIpc) is 2.46. The zero-order valence-electron chi connectivity index (χ0n) is 10.6. The van der Waals surface area contributed by atoms with Crippen molar-refractivity contribution in [2.75, 3.05) is 0 Å². The summed E-state index contributed by atoms with van der Waals surface area (Å²) in [6, 6.07) is 17.9. The van der Waals surface area contributed by atoms with Crippen molar-refractivity contribution in [3.05, 3.63) is 60.2 Å². The van der Waals surface area contributed by atoms with Gasteiger partial charge >= 0.3 is 0 Å². The largest absolute Gasteiger partial charge is 0.391 e. The molecule has 0 amide bonds. The number of aliphatic hydroxyl groups is 1. The number of aliphatic hydroxyl groups excluding tert-OH is 1. The zero-order valence-corrected chi connectivity index (χ0v) is 10.6. The van der Waals surface area contributed by atoms with Crippen molar-refractivity contribution >= 4 is 0 Å². The third kappa shape index (κ3) is 2.78. The molecule has 2 heteroatoms. The Bertz CT molecular complexity index is 495. The third-order valence-corrected chi connectivity index (χ3v) is 3.21. The number of rotatable bonds is 4. The maximum atomic E-state index is 9.82. The van der Waals surface area contributed by atoms with Gasteiger partial charge in [-0.2, -0.15) is 0 Å². The van der Waals surface area contributed by atoms with E-state index in [2.05, 4.69) is 24.3 Å². The summed E-state index contributed by atoms with van der Waals surface area (Å²) >= 11 is 0. The fourth-order valence-electron chi connectivity index (χ4n) is 2.03. The molecule has 0 fully saturated rings. The number of benzene rings is 2. The lowest BCUT2D eigenvalue weighted by Crippen LogP contribution is -2.25. The van der Waals surface area contributed by atoms with Gasteiger partial charge in [-0.1, -0.05) is 55.5 Å². The molecule has 0 aromatic heterocycles. The second-order valence-corrected chi connectivity index (χ2v) is 4.49. The Kier molecular flexibility index (Phi) is 4.13. The molecule has 0 radical (unpaired) electrons. The van der Waals surface area contributed by atoms with Crippen molar-refractivity contribution in [1.82, 2.24) is 0 Å². The molecule has 2 aromatic rings. The Morgan fingerprint density at radius 3 is 2.33 bits per heavy atom. The van der Waals surface area contributed by atoms with Crippen LogP contribution < -0.4 is 5.73 Å². The van der Waals surface area contributed by atoms with Crippen LogP contribution in [-0.2, 0) is 0 Å². The van der Waals surface area contributed by atoms with E-state index in [1.54, 1.807) is 0 Å². The average molecular weight is 241 g/mol. The van der Waals surface area contributed by atoms with E-state index in [1.807, 2.05) is 37.3 Å². The van der Waals surface area contributed by atoms with Crippen LogP contribution in [0.25, 0.3) is 11.1 Å². The van der Waals surface area contributed by atoms with Crippen LogP contribution in [0.2, 0.25) is 0 Å². The molecule has 0 spiro atoms. The number of hydrogen-bond donors (Lipinski definition) is 2. The SMILES string of the molecule is CC[C@H](O)[C@H](N)c1cccc(-c2ccccc2)c1. The van der Waals surface area contributed by atoms with Crippen LogP contribution in [0.5, 0.6) is 0 Å². The first-order valence-corrected chi connectivity index (χ1v) is 6.31. The van der Waals surface area contributed by atoms with Crippen molar-refractivity contribution in [3.63, 3.8) is 0 Å². The van der Waals surface area contributed by atoms with E-state index in [9.17, 15) is 5.11 Å². The van der Waals surface area contributed by atoms with Crippen LogP contribution in [-0.4, -0.2) is 11.2 Å². The molecule has 94 valence electrons. The minimum atomic E-state index is -0.490. The van der Waals surface area contributed by atoms with Gasteiger partial charge in [-0.15, -0.1) is 0 Å². The fraction of sp³-hybridized carbons (Fsp3) is 0.250. The maximum absolute atomic E-state index is 9.82. The molecule has 3 N–H and O–H groups in total. The third-order valence-electron chi connectivity index (χ3n) is 3.21. The van der Waals surface area contributed by atoms with Crippen molar-refractivity contribution in [3.8, 4) is 11.1 Å². The lowest BCUT2D eigenvalue weighted by atomic mass is 9.96.